The van der Waals surface area contributed by atoms with Crippen molar-refractivity contribution in [3.63, 3.8) is 0 Å². The van der Waals surface area contributed by atoms with Gasteiger partial charge in [-0.25, -0.2) is 0 Å². The zero-order chi connectivity index (χ0) is 23.0. The van der Waals surface area contributed by atoms with Crippen LogP contribution in [0.4, 0.5) is 26.3 Å². The van der Waals surface area contributed by atoms with Crippen LogP contribution in [0.1, 0.15) is 16.8 Å². The number of oxazole rings is 1. The number of rotatable bonds is 6. The molecule has 0 saturated heterocycles. The highest BCUT2D eigenvalue weighted by atomic mass is 32.2. The Morgan fingerprint density at radius 3 is 2.29 bits per heavy atom. The van der Waals surface area contributed by atoms with E-state index in [9.17, 15) is 34.8 Å². The molecule has 168 valence electrons. The summed E-state index contributed by atoms with van der Waals surface area (Å²) >= 11 is 0. The lowest BCUT2D eigenvalue weighted by molar-refractivity contribution is -0.137. The van der Waals surface area contributed by atoms with Crippen LogP contribution in [0.15, 0.2) is 41.1 Å². The molecule has 1 aromatic carbocycles. The summed E-state index contributed by atoms with van der Waals surface area (Å²) in [6, 6.07) is 4.58. The number of hydrogen-bond acceptors (Lipinski definition) is 6. The van der Waals surface area contributed by atoms with Gasteiger partial charge in [0.05, 0.1) is 23.0 Å². The second-order valence-electron chi connectivity index (χ2n) is 6.30. The van der Waals surface area contributed by atoms with E-state index in [0.29, 0.717) is 23.9 Å². The van der Waals surface area contributed by atoms with Crippen molar-refractivity contribution in [1.82, 2.24) is 14.8 Å². The van der Waals surface area contributed by atoms with E-state index in [1.807, 2.05) is 0 Å². The van der Waals surface area contributed by atoms with Crippen molar-refractivity contribution < 1.29 is 43.4 Å². The number of benzene rings is 1. The molecule has 3 aromatic rings. The molecule has 0 fully saturated rings. The topological polar surface area (TPSA) is 87.2 Å². The summed E-state index contributed by atoms with van der Waals surface area (Å²) in [7, 11) is -4.34. The molecule has 0 atom stereocenters. The Morgan fingerprint density at radius 2 is 1.71 bits per heavy atom. The fourth-order valence-corrected chi connectivity index (χ4v) is 3.04. The second kappa shape index (κ2) is 7.90. The Morgan fingerprint density at radius 1 is 1.06 bits per heavy atom. The quantitative estimate of drug-likeness (QED) is 0.307. The fourth-order valence-electron chi connectivity index (χ4n) is 2.64. The van der Waals surface area contributed by atoms with Crippen LogP contribution < -0.4 is 4.18 Å². The van der Waals surface area contributed by atoms with E-state index in [-0.39, 0.29) is 17.9 Å². The molecular weight excluding hydrogens is 456 g/mol. The maximum absolute atomic E-state index is 12.7. The Hall–Kier alpha value is -3.03. The molecule has 7 nitrogen and oxygen atoms in total. The van der Waals surface area contributed by atoms with E-state index in [4.69, 9.17) is 4.42 Å². The van der Waals surface area contributed by atoms with Gasteiger partial charge in [-0.15, -0.1) is 0 Å². The lowest BCUT2D eigenvalue weighted by atomic mass is 10.0. The number of nitrogens with zero attached hydrogens (tertiary/aromatic N) is 3. The summed E-state index contributed by atoms with van der Waals surface area (Å²) in [5.74, 6) is -1.15. The van der Waals surface area contributed by atoms with Gasteiger partial charge in [-0.1, -0.05) is 12.1 Å². The first-order valence-corrected chi connectivity index (χ1v) is 9.82. The van der Waals surface area contributed by atoms with E-state index in [2.05, 4.69) is 14.3 Å². The number of aryl methyl sites for hydroxylation is 2. The van der Waals surface area contributed by atoms with Gasteiger partial charge in [0.2, 0.25) is 5.89 Å². The minimum absolute atomic E-state index is 0.233. The van der Waals surface area contributed by atoms with Crippen LogP contribution in [0.3, 0.4) is 0 Å². The zero-order valence-corrected chi connectivity index (χ0v) is 16.3. The van der Waals surface area contributed by atoms with Crippen LogP contribution in [0.25, 0.3) is 11.5 Å². The van der Waals surface area contributed by atoms with Crippen molar-refractivity contribution in [3.05, 3.63) is 53.5 Å². The first-order valence-electron chi connectivity index (χ1n) is 8.41. The molecule has 0 bridgehead atoms. The summed E-state index contributed by atoms with van der Waals surface area (Å²) in [6.45, 7) is 0. The Kier molecular flexibility index (Phi) is 5.78. The average Bonchev–Trinajstić information content (AvgIpc) is 3.24. The third-order valence-corrected chi connectivity index (χ3v) is 5.14. The predicted molar refractivity (Wildman–Crippen MR) is 93.2 cm³/mol. The molecule has 0 N–H and O–H groups in total. The molecule has 0 aliphatic rings. The van der Waals surface area contributed by atoms with Gasteiger partial charge in [0, 0.05) is 7.05 Å². The number of alkyl halides is 6. The molecule has 0 saturated carbocycles. The highest BCUT2D eigenvalue weighted by molar-refractivity contribution is 7.87. The van der Waals surface area contributed by atoms with E-state index in [1.165, 1.54) is 23.0 Å². The van der Waals surface area contributed by atoms with E-state index >= 15 is 0 Å². The summed E-state index contributed by atoms with van der Waals surface area (Å²) in [4.78, 5) is 3.60. The molecule has 14 heteroatoms. The standard InChI is InChI=1S/C17H13F6N3O4S/c1-26-13(7-4-10-2-5-11(6-3-10)16(18,19)20)12(8-24-26)15-25-14(9-29-15)30-31(27,28)17(21,22)23/h2-3,5-6,8-9H,4,7H2,1H3. The molecule has 2 aromatic heterocycles. The molecule has 0 radical (unpaired) electrons. The maximum Gasteiger partial charge on any atom is 0.534 e. The SMILES string of the molecule is Cn1ncc(-c2nc(OS(=O)(=O)C(F)(F)F)co2)c1CCc1ccc(C(F)(F)F)cc1. The summed E-state index contributed by atoms with van der Waals surface area (Å²) in [5.41, 5.74) is -5.04. The van der Waals surface area contributed by atoms with E-state index < -0.39 is 33.2 Å². The first kappa shape index (κ1) is 22.7. The fraction of sp³-hybridized carbons (Fsp3) is 0.294. The van der Waals surface area contributed by atoms with Crippen molar-refractivity contribution in [2.45, 2.75) is 24.5 Å². The van der Waals surface area contributed by atoms with Crippen LogP contribution in [-0.2, 0) is 36.2 Å². The molecule has 2 heterocycles. The van der Waals surface area contributed by atoms with Crippen molar-refractivity contribution >= 4 is 10.1 Å². The maximum atomic E-state index is 12.7. The lowest BCUT2D eigenvalue weighted by Crippen LogP contribution is -2.28. The predicted octanol–water partition coefficient (Wildman–Crippen LogP) is 4.11. The molecule has 0 amide bonds. The normalized spacial score (nSPS) is 12.9. The highest BCUT2D eigenvalue weighted by Gasteiger charge is 2.49. The smallest absolute Gasteiger partial charge is 0.440 e. The zero-order valence-electron chi connectivity index (χ0n) is 15.5. The Balaban J connectivity index is 1.77. The molecule has 3 rings (SSSR count). The van der Waals surface area contributed by atoms with Crippen LogP contribution >= 0.6 is 0 Å². The van der Waals surface area contributed by atoms with Crippen LogP contribution in [0, 0.1) is 0 Å². The minimum Gasteiger partial charge on any atom is -0.440 e. The molecule has 0 spiro atoms. The van der Waals surface area contributed by atoms with Gasteiger partial charge in [-0.2, -0.15) is 44.8 Å². The number of aromatic nitrogens is 3. The first-order chi connectivity index (χ1) is 14.3. The molecule has 31 heavy (non-hydrogen) atoms. The summed E-state index contributed by atoms with van der Waals surface area (Å²) < 4.78 is 108. The van der Waals surface area contributed by atoms with Gasteiger partial charge in [0.15, 0.2) is 6.26 Å². The van der Waals surface area contributed by atoms with E-state index in [1.54, 1.807) is 7.05 Å². The van der Waals surface area contributed by atoms with Crippen LogP contribution in [0.2, 0.25) is 0 Å². The van der Waals surface area contributed by atoms with Crippen molar-refractivity contribution in [1.29, 1.82) is 0 Å². The average molecular weight is 469 g/mol. The van der Waals surface area contributed by atoms with Gasteiger partial charge in [-0.05, 0) is 30.5 Å². The molecular formula is C17H13F6N3O4S. The van der Waals surface area contributed by atoms with Gasteiger partial charge in [-0.3, -0.25) is 4.68 Å². The molecule has 0 aliphatic carbocycles. The van der Waals surface area contributed by atoms with Crippen LogP contribution in [-0.4, -0.2) is 28.7 Å². The lowest BCUT2D eigenvalue weighted by Gasteiger charge is -2.08. The highest BCUT2D eigenvalue weighted by Crippen LogP contribution is 2.31. The molecule has 0 unspecified atom stereocenters. The third kappa shape index (κ3) is 5.00. The Bertz CT molecular complexity index is 1160. The summed E-state index contributed by atoms with van der Waals surface area (Å²) in [5, 5.41) is 4.00. The number of halogens is 6. The second-order valence-corrected chi connectivity index (χ2v) is 7.84. The van der Waals surface area contributed by atoms with Gasteiger partial charge < -0.3 is 8.60 Å². The monoisotopic (exact) mass is 469 g/mol. The van der Waals surface area contributed by atoms with Crippen LogP contribution in [0.5, 0.6) is 5.88 Å². The minimum atomic E-state index is -5.91. The van der Waals surface area contributed by atoms with Crippen molar-refractivity contribution in [3.8, 4) is 17.3 Å². The van der Waals surface area contributed by atoms with Gasteiger partial charge in [0.25, 0.3) is 5.88 Å². The number of hydrogen-bond donors (Lipinski definition) is 0. The summed E-state index contributed by atoms with van der Waals surface area (Å²) in [6.07, 6.45) is -1.95. The largest absolute Gasteiger partial charge is 0.534 e. The van der Waals surface area contributed by atoms with Crippen molar-refractivity contribution in [2.75, 3.05) is 0 Å². The molecule has 0 aliphatic heterocycles. The van der Waals surface area contributed by atoms with E-state index in [0.717, 1.165) is 12.1 Å². The van der Waals surface area contributed by atoms with Gasteiger partial charge in [0.1, 0.15) is 0 Å². The van der Waals surface area contributed by atoms with Gasteiger partial charge >= 0.3 is 21.8 Å². The third-order valence-electron chi connectivity index (χ3n) is 4.19. The van der Waals surface area contributed by atoms with Crippen molar-refractivity contribution in [2.24, 2.45) is 7.05 Å². The Labute approximate surface area is 171 Å².